The molecule has 4 aliphatic carbocycles. The first-order chi connectivity index (χ1) is 16.6. The third kappa shape index (κ3) is 2.93. The molecule has 1 N–H and O–H groups in total. The van der Waals surface area contributed by atoms with Crippen LogP contribution in [0.4, 0.5) is 0 Å². The first-order valence-electron chi connectivity index (χ1n) is 13.6. The summed E-state index contributed by atoms with van der Waals surface area (Å²) < 4.78 is 17.5. The van der Waals surface area contributed by atoms with Crippen LogP contribution in [0.25, 0.3) is 0 Å². The summed E-state index contributed by atoms with van der Waals surface area (Å²) in [6, 6.07) is 0. The molecule has 2 heterocycles. The monoisotopic (exact) mass is 484 g/mol. The number of fused-ring (bicyclic) bond motifs is 4. The number of aliphatic hydroxyl groups is 1. The van der Waals surface area contributed by atoms with Gasteiger partial charge in [0.1, 0.15) is 17.8 Å². The van der Waals surface area contributed by atoms with E-state index in [0.717, 1.165) is 44.1 Å². The fourth-order valence-corrected chi connectivity index (χ4v) is 9.82. The molecular weight excluding hydrogens is 444 g/mol. The van der Waals surface area contributed by atoms with E-state index in [1.165, 1.54) is 0 Å². The van der Waals surface area contributed by atoms with Crippen LogP contribution in [-0.4, -0.2) is 54.5 Å². The number of esters is 1. The van der Waals surface area contributed by atoms with Gasteiger partial charge in [0.2, 0.25) is 0 Å². The van der Waals surface area contributed by atoms with E-state index in [-0.39, 0.29) is 41.2 Å². The summed E-state index contributed by atoms with van der Waals surface area (Å²) in [5.41, 5.74) is 0.573. The molecule has 1 saturated heterocycles. The Bertz CT molecular complexity index is 1010. The normalized spacial score (nSPS) is 51.2. The van der Waals surface area contributed by atoms with E-state index < -0.39 is 17.1 Å². The predicted octanol–water partition coefficient (Wildman–Crippen LogP) is 4.01. The highest BCUT2D eigenvalue weighted by Crippen LogP contribution is 2.73. The van der Waals surface area contributed by atoms with Crippen molar-refractivity contribution in [2.75, 3.05) is 13.7 Å². The van der Waals surface area contributed by atoms with Crippen LogP contribution in [0.15, 0.2) is 23.3 Å². The maximum atomic E-state index is 13.3. The summed E-state index contributed by atoms with van der Waals surface area (Å²) in [7, 11) is 1.61. The van der Waals surface area contributed by atoms with E-state index in [4.69, 9.17) is 14.2 Å². The van der Waals surface area contributed by atoms with Gasteiger partial charge in [0, 0.05) is 13.5 Å². The van der Waals surface area contributed by atoms with Gasteiger partial charge in [-0.05, 0) is 93.1 Å². The number of allylic oxidation sites excluding steroid dienone is 1. The zero-order valence-corrected chi connectivity index (χ0v) is 21.7. The molecule has 6 heteroatoms. The number of carbonyl (C=O) groups is 2. The van der Waals surface area contributed by atoms with E-state index in [9.17, 15) is 14.7 Å². The molecule has 5 unspecified atom stereocenters. The lowest BCUT2D eigenvalue weighted by molar-refractivity contribution is -0.155. The van der Waals surface area contributed by atoms with Crippen molar-refractivity contribution >= 4 is 11.8 Å². The summed E-state index contributed by atoms with van der Waals surface area (Å²) in [4.78, 5) is 26.0. The van der Waals surface area contributed by atoms with Gasteiger partial charge in [0.25, 0.3) is 0 Å². The zero-order valence-electron chi connectivity index (χ0n) is 21.7. The summed E-state index contributed by atoms with van der Waals surface area (Å²) in [5, 5.41) is 10.9. The van der Waals surface area contributed by atoms with Crippen LogP contribution in [0.1, 0.15) is 66.2 Å². The highest BCUT2D eigenvalue weighted by molar-refractivity contribution is 5.98. The molecule has 0 radical (unpaired) electrons. The SMILES string of the molecule is COCC1=C(C)CC([C@@H](C)C2CCC3C4C[C@H]5O[C@]56[C@@H](O)C=CC(=O)[C@]6(C)C4CC[C@@]32C)OC1=O. The fraction of sp³-hybridized carbons (Fsp3) is 0.793. The van der Waals surface area contributed by atoms with E-state index in [0.29, 0.717) is 29.9 Å². The van der Waals surface area contributed by atoms with E-state index in [2.05, 4.69) is 20.8 Å². The molecule has 4 fully saturated rings. The molecule has 35 heavy (non-hydrogen) atoms. The standard InChI is InChI=1S/C29H40O6/c1-15-12-22(34-26(32)18(15)14-33-5)16(2)19-6-7-20-17-13-25-29(35-25)24(31)9-8-23(30)28(29,4)21(17)10-11-27(19,20)3/h8-9,16-17,19-22,24-25,31H,6-7,10-14H2,1-5H3/t16-,17?,19?,20?,21?,22?,24-,25+,27+,28-,29+/m0/s1. The predicted molar refractivity (Wildman–Crippen MR) is 129 cm³/mol. The van der Waals surface area contributed by atoms with Crippen molar-refractivity contribution in [2.24, 2.45) is 40.4 Å². The van der Waals surface area contributed by atoms with Crippen LogP contribution in [0.5, 0.6) is 0 Å². The average Bonchev–Trinajstić information content (AvgIpc) is 3.45. The summed E-state index contributed by atoms with van der Waals surface area (Å²) >= 11 is 0. The first-order valence-corrected chi connectivity index (χ1v) is 13.6. The largest absolute Gasteiger partial charge is 0.458 e. The molecule has 11 atom stereocenters. The van der Waals surface area contributed by atoms with Gasteiger partial charge in [-0.2, -0.15) is 0 Å². The molecule has 0 aromatic heterocycles. The Kier molecular flexibility index (Phi) is 5.29. The third-order valence-corrected chi connectivity index (χ3v) is 11.7. The molecule has 0 aromatic rings. The molecule has 2 aliphatic heterocycles. The Balaban J connectivity index is 1.25. The summed E-state index contributed by atoms with van der Waals surface area (Å²) in [5.74, 6) is 1.88. The summed E-state index contributed by atoms with van der Waals surface area (Å²) in [6.07, 6.45) is 8.51. The number of hydrogen-bond acceptors (Lipinski definition) is 6. The Morgan fingerprint density at radius 1 is 1.20 bits per heavy atom. The summed E-state index contributed by atoms with van der Waals surface area (Å²) in [6.45, 7) is 9.16. The molecule has 0 amide bonds. The number of carbonyl (C=O) groups excluding carboxylic acids is 2. The number of ether oxygens (including phenoxy) is 3. The van der Waals surface area contributed by atoms with Crippen LogP contribution in [0.3, 0.4) is 0 Å². The first kappa shape index (κ1) is 23.9. The second-order valence-corrected chi connectivity index (χ2v) is 12.8. The van der Waals surface area contributed by atoms with Crippen LogP contribution < -0.4 is 0 Å². The van der Waals surface area contributed by atoms with Gasteiger partial charge in [-0.3, -0.25) is 4.79 Å². The Hall–Kier alpha value is -1.50. The average molecular weight is 485 g/mol. The van der Waals surface area contributed by atoms with Crippen molar-refractivity contribution in [2.45, 2.75) is 90.1 Å². The molecular formula is C29H40O6. The van der Waals surface area contributed by atoms with Crippen LogP contribution in [0.2, 0.25) is 0 Å². The Labute approximate surface area is 208 Å². The lowest BCUT2D eigenvalue weighted by atomic mass is 9.44. The van der Waals surface area contributed by atoms with Gasteiger partial charge in [-0.25, -0.2) is 4.79 Å². The molecule has 6 aliphatic rings. The number of epoxide rings is 1. The maximum absolute atomic E-state index is 13.3. The van der Waals surface area contributed by atoms with Crippen molar-refractivity contribution in [1.29, 1.82) is 0 Å². The minimum absolute atomic E-state index is 0.0252. The van der Waals surface area contributed by atoms with E-state index in [1.54, 1.807) is 19.3 Å². The molecule has 0 bridgehead atoms. The molecule has 0 aromatic carbocycles. The van der Waals surface area contributed by atoms with Gasteiger partial charge in [-0.15, -0.1) is 0 Å². The van der Waals surface area contributed by atoms with Gasteiger partial charge in [-0.1, -0.05) is 19.4 Å². The molecule has 192 valence electrons. The van der Waals surface area contributed by atoms with Crippen LogP contribution in [0, 0.1) is 40.4 Å². The van der Waals surface area contributed by atoms with E-state index in [1.807, 2.05) is 6.92 Å². The molecule has 6 rings (SSSR count). The van der Waals surface area contributed by atoms with Crippen molar-refractivity contribution in [1.82, 2.24) is 0 Å². The quantitative estimate of drug-likeness (QED) is 0.479. The lowest BCUT2D eigenvalue weighted by Gasteiger charge is -2.58. The lowest BCUT2D eigenvalue weighted by Crippen LogP contribution is -2.63. The minimum Gasteiger partial charge on any atom is -0.458 e. The van der Waals surface area contributed by atoms with Crippen LogP contribution >= 0.6 is 0 Å². The van der Waals surface area contributed by atoms with Gasteiger partial charge < -0.3 is 19.3 Å². The number of methoxy groups -OCH3 is 1. The Morgan fingerprint density at radius 2 is 1.97 bits per heavy atom. The molecule has 6 nitrogen and oxygen atoms in total. The molecule has 1 spiro atoms. The van der Waals surface area contributed by atoms with Gasteiger partial charge >= 0.3 is 5.97 Å². The topological polar surface area (TPSA) is 85.4 Å². The fourth-order valence-electron chi connectivity index (χ4n) is 9.82. The zero-order chi connectivity index (χ0) is 24.9. The molecule has 3 saturated carbocycles. The number of hydrogen-bond donors (Lipinski definition) is 1. The maximum Gasteiger partial charge on any atom is 0.336 e. The number of aliphatic hydroxyl groups excluding tert-OH is 1. The van der Waals surface area contributed by atoms with Crippen molar-refractivity contribution in [3.05, 3.63) is 23.3 Å². The van der Waals surface area contributed by atoms with Crippen LogP contribution in [-0.2, 0) is 23.8 Å². The van der Waals surface area contributed by atoms with Crippen molar-refractivity contribution in [3.8, 4) is 0 Å². The van der Waals surface area contributed by atoms with Gasteiger partial charge in [0.05, 0.1) is 23.7 Å². The number of ketones is 1. The number of rotatable bonds is 4. The highest BCUT2D eigenvalue weighted by atomic mass is 16.6. The minimum atomic E-state index is -0.709. The van der Waals surface area contributed by atoms with Crippen molar-refractivity contribution < 1.29 is 28.9 Å². The van der Waals surface area contributed by atoms with E-state index >= 15 is 0 Å². The smallest absolute Gasteiger partial charge is 0.336 e. The highest BCUT2D eigenvalue weighted by Gasteiger charge is 2.80. The third-order valence-electron chi connectivity index (χ3n) is 11.7. The van der Waals surface area contributed by atoms with Crippen molar-refractivity contribution in [3.63, 3.8) is 0 Å². The number of cyclic esters (lactones) is 1. The second kappa shape index (κ2) is 7.75. The second-order valence-electron chi connectivity index (χ2n) is 12.8. The van der Waals surface area contributed by atoms with Gasteiger partial charge in [0.15, 0.2) is 5.78 Å². The Morgan fingerprint density at radius 3 is 2.69 bits per heavy atom.